The Kier molecular flexibility index (Phi) is 6.26. The van der Waals surface area contributed by atoms with Crippen molar-refractivity contribution in [2.45, 2.75) is 65.0 Å². The van der Waals surface area contributed by atoms with Gasteiger partial charge < -0.3 is 10.1 Å². The molecule has 0 bridgehead atoms. The first-order chi connectivity index (χ1) is 7.22. The molecule has 1 fully saturated rings. The van der Waals surface area contributed by atoms with Gasteiger partial charge in [0.25, 0.3) is 0 Å². The van der Waals surface area contributed by atoms with E-state index in [0.29, 0.717) is 12.1 Å². The molecule has 1 rings (SSSR count). The highest BCUT2D eigenvalue weighted by atomic mass is 16.5. The lowest BCUT2D eigenvalue weighted by atomic mass is 10.1. The van der Waals surface area contributed by atoms with Crippen molar-refractivity contribution >= 4 is 0 Å². The van der Waals surface area contributed by atoms with Gasteiger partial charge in [0.1, 0.15) is 0 Å². The molecular weight excluding hydrogens is 186 g/mol. The Labute approximate surface area is 94.8 Å². The Hall–Kier alpha value is -0.0800. The molecule has 0 aromatic rings. The van der Waals surface area contributed by atoms with E-state index < -0.39 is 0 Å². The van der Waals surface area contributed by atoms with Gasteiger partial charge in [-0.05, 0) is 25.2 Å². The molecule has 0 aromatic carbocycles. The van der Waals surface area contributed by atoms with Crippen LogP contribution in [0.3, 0.4) is 0 Å². The fourth-order valence-electron chi connectivity index (χ4n) is 2.05. The molecule has 0 saturated carbocycles. The monoisotopic (exact) mass is 213 g/mol. The summed E-state index contributed by atoms with van der Waals surface area (Å²) in [4.78, 5) is 0. The van der Waals surface area contributed by atoms with Crippen LogP contribution in [0.5, 0.6) is 0 Å². The molecule has 2 unspecified atom stereocenters. The highest BCUT2D eigenvalue weighted by Crippen LogP contribution is 2.16. The molecule has 2 nitrogen and oxygen atoms in total. The van der Waals surface area contributed by atoms with Crippen molar-refractivity contribution < 1.29 is 4.74 Å². The molecule has 1 aliphatic rings. The van der Waals surface area contributed by atoms with Crippen molar-refractivity contribution in [2.24, 2.45) is 5.92 Å². The summed E-state index contributed by atoms with van der Waals surface area (Å²) in [5.41, 5.74) is 0. The summed E-state index contributed by atoms with van der Waals surface area (Å²) in [6.45, 7) is 8.75. The number of ether oxygens (including phenoxy) is 1. The summed E-state index contributed by atoms with van der Waals surface area (Å²) >= 11 is 0. The first kappa shape index (κ1) is 13.0. The van der Waals surface area contributed by atoms with Gasteiger partial charge in [0.05, 0.1) is 6.10 Å². The zero-order valence-corrected chi connectivity index (χ0v) is 10.6. The van der Waals surface area contributed by atoms with Gasteiger partial charge in [0.2, 0.25) is 0 Å². The summed E-state index contributed by atoms with van der Waals surface area (Å²) < 4.78 is 5.86. The number of unbranched alkanes of at least 4 members (excludes halogenated alkanes) is 1. The second-order valence-electron chi connectivity index (χ2n) is 5.16. The van der Waals surface area contributed by atoms with Gasteiger partial charge >= 0.3 is 0 Å². The van der Waals surface area contributed by atoms with Crippen molar-refractivity contribution in [3.05, 3.63) is 0 Å². The summed E-state index contributed by atoms with van der Waals surface area (Å²) in [5.74, 6) is 0.759. The smallest absolute Gasteiger partial charge is 0.0714 e. The first-order valence-corrected chi connectivity index (χ1v) is 6.57. The number of hydrogen-bond donors (Lipinski definition) is 1. The Morgan fingerprint density at radius 1 is 1.40 bits per heavy atom. The average molecular weight is 213 g/mol. The molecule has 0 amide bonds. The molecular formula is C13H27NO. The fourth-order valence-corrected chi connectivity index (χ4v) is 2.05. The first-order valence-electron chi connectivity index (χ1n) is 6.57. The van der Waals surface area contributed by atoms with E-state index in [9.17, 15) is 0 Å². The van der Waals surface area contributed by atoms with Crippen molar-refractivity contribution in [2.75, 3.05) is 13.2 Å². The standard InChI is InChI=1S/C13H27NO/c1-4-5-6-12-9-13(10-14-12)15-8-7-11(2)3/h11-14H,4-10H2,1-3H3. The van der Waals surface area contributed by atoms with Gasteiger partial charge in [-0.3, -0.25) is 0 Å². The van der Waals surface area contributed by atoms with Gasteiger partial charge in [-0.1, -0.05) is 33.6 Å². The van der Waals surface area contributed by atoms with E-state index in [-0.39, 0.29) is 0 Å². The Bertz CT molecular complexity index is 159. The molecule has 2 heteroatoms. The topological polar surface area (TPSA) is 21.3 Å². The van der Waals surface area contributed by atoms with E-state index in [4.69, 9.17) is 4.74 Å². The Morgan fingerprint density at radius 2 is 2.20 bits per heavy atom. The van der Waals surface area contributed by atoms with E-state index in [1.165, 1.54) is 32.1 Å². The maximum absolute atomic E-state index is 5.86. The van der Waals surface area contributed by atoms with Gasteiger partial charge in [0.15, 0.2) is 0 Å². The molecule has 1 saturated heterocycles. The largest absolute Gasteiger partial charge is 0.377 e. The molecule has 0 spiro atoms. The van der Waals surface area contributed by atoms with Crippen LogP contribution in [0.15, 0.2) is 0 Å². The zero-order chi connectivity index (χ0) is 11.1. The molecule has 1 N–H and O–H groups in total. The third-order valence-electron chi connectivity index (χ3n) is 3.14. The number of rotatable bonds is 7. The third-order valence-corrected chi connectivity index (χ3v) is 3.14. The molecule has 90 valence electrons. The fraction of sp³-hybridized carbons (Fsp3) is 1.00. The molecule has 2 atom stereocenters. The molecule has 1 heterocycles. The molecule has 0 radical (unpaired) electrons. The van der Waals surface area contributed by atoms with E-state index >= 15 is 0 Å². The number of nitrogens with one attached hydrogen (secondary N) is 1. The Morgan fingerprint density at radius 3 is 2.87 bits per heavy atom. The summed E-state index contributed by atoms with van der Waals surface area (Å²) in [6.07, 6.45) is 6.85. The van der Waals surface area contributed by atoms with Gasteiger partial charge in [-0.2, -0.15) is 0 Å². The summed E-state index contributed by atoms with van der Waals surface area (Å²) in [6, 6.07) is 0.717. The second kappa shape index (κ2) is 7.24. The van der Waals surface area contributed by atoms with Crippen molar-refractivity contribution in [3.63, 3.8) is 0 Å². The van der Waals surface area contributed by atoms with Crippen LogP contribution in [0, 0.1) is 5.92 Å². The predicted octanol–water partition coefficient (Wildman–Crippen LogP) is 2.97. The molecule has 0 aliphatic carbocycles. The maximum Gasteiger partial charge on any atom is 0.0714 e. The van der Waals surface area contributed by atoms with Gasteiger partial charge in [0, 0.05) is 19.2 Å². The summed E-state index contributed by atoms with van der Waals surface area (Å²) in [7, 11) is 0. The third kappa shape index (κ3) is 5.53. The minimum absolute atomic E-state index is 0.477. The van der Waals surface area contributed by atoms with Crippen LogP contribution in [-0.2, 0) is 4.74 Å². The minimum atomic E-state index is 0.477. The van der Waals surface area contributed by atoms with Crippen LogP contribution < -0.4 is 5.32 Å². The average Bonchev–Trinajstić information content (AvgIpc) is 2.62. The zero-order valence-electron chi connectivity index (χ0n) is 10.6. The lowest BCUT2D eigenvalue weighted by molar-refractivity contribution is 0.0580. The molecule has 1 aliphatic heterocycles. The van der Waals surface area contributed by atoms with Gasteiger partial charge in [-0.25, -0.2) is 0 Å². The predicted molar refractivity (Wildman–Crippen MR) is 65.1 cm³/mol. The lowest BCUT2D eigenvalue weighted by Crippen LogP contribution is -2.21. The summed E-state index contributed by atoms with van der Waals surface area (Å²) in [5, 5.41) is 3.55. The van der Waals surface area contributed by atoms with E-state index in [1.807, 2.05) is 0 Å². The molecule has 15 heavy (non-hydrogen) atoms. The number of hydrogen-bond acceptors (Lipinski definition) is 2. The van der Waals surface area contributed by atoms with Crippen LogP contribution >= 0.6 is 0 Å². The van der Waals surface area contributed by atoms with Crippen LogP contribution in [0.4, 0.5) is 0 Å². The van der Waals surface area contributed by atoms with Crippen molar-refractivity contribution in [3.8, 4) is 0 Å². The van der Waals surface area contributed by atoms with Crippen LogP contribution in [0.2, 0.25) is 0 Å². The normalized spacial score (nSPS) is 26.4. The van der Waals surface area contributed by atoms with E-state index in [1.54, 1.807) is 0 Å². The highest BCUT2D eigenvalue weighted by molar-refractivity contribution is 4.82. The quantitative estimate of drug-likeness (QED) is 0.702. The lowest BCUT2D eigenvalue weighted by Gasteiger charge is -2.12. The minimum Gasteiger partial charge on any atom is -0.377 e. The van der Waals surface area contributed by atoms with E-state index in [2.05, 4.69) is 26.1 Å². The maximum atomic E-state index is 5.86. The van der Waals surface area contributed by atoms with E-state index in [0.717, 1.165) is 19.1 Å². The highest BCUT2D eigenvalue weighted by Gasteiger charge is 2.23. The molecule has 0 aromatic heterocycles. The van der Waals surface area contributed by atoms with Crippen LogP contribution in [0.1, 0.15) is 52.9 Å². The van der Waals surface area contributed by atoms with Crippen LogP contribution in [-0.4, -0.2) is 25.3 Å². The second-order valence-corrected chi connectivity index (χ2v) is 5.16. The Balaban J connectivity index is 2.03. The van der Waals surface area contributed by atoms with Gasteiger partial charge in [-0.15, -0.1) is 0 Å². The van der Waals surface area contributed by atoms with Crippen molar-refractivity contribution in [1.82, 2.24) is 5.32 Å². The van der Waals surface area contributed by atoms with Crippen molar-refractivity contribution in [1.29, 1.82) is 0 Å². The van der Waals surface area contributed by atoms with Crippen LogP contribution in [0.25, 0.3) is 0 Å². The SMILES string of the molecule is CCCCC1CC(OCCC(C)C)CN1.